The number of benzene rings is 1. The maximum Gasteiger partial charge on any atom is 0.338 e. The Bertz CT molecular complexity index is 1350. The van der Waals surface area contributed by atoms with E-state index in [2.05, 4.69) is 0 Å². The average molecular weight is 583 g/mol. The summed E-state index contributed by atoms with van der Waals surface area (Å²) in [6.45, 7) is 13.6. The third kappa shape index (κ3) is 4.10. The molecule has 42 heavy (non-hydrogen) atoms. The van der Waals surface area contributed by atoms with Crippen molar-refractivity contribution in [3.8, 4) is 0 Å². The van der Waals surface area contributed by atoms with Gasteiger partial charge in [0.05, 0.1) is 18.1 Å². The van der Waals surface area contributed by atoms with E-state index in [1.807, 2.05) is 27.7 Å². The molecule has 2 bridgehead atoms. The molecular formula is C33H42O9. The number of ketones is 1. The van der Waals surface area contributed by atoms with Crippen molar-refractivity contribution in [2.24, 2.45) is 28.6 Å². The van der Waals surface area contributed by atoms with Gasteiger partial charge in [0.25, 0.3) is 0 Å². The van der Waals surface area contributed by atoms with Crippen LogP contribution in [0.25, 0.3) is 0 Å². The Morgan fingerprint density at radius 1 is 1.00 bits per heavy atom. The quantitative estimate of drug-likeness (QED) is 0.411. The zero-order valence-corrected chi connectivity index (χ0v) is 25.7. The molecule has 1 aromatic carbocycles. The first-order chi connectivity index (χ1) is 19.5. The zero-order valence-electron chi connectivity index (χ0n) is 25.7. The molecule has 5 rings (SSSR count). The third-order valence-electron chi connectivity index (χ3n) is 11.0. The van der Waals surface area contributed by atoms with E-state index in [0.29, 0.717) is 12.0 Å². The molecule has 0 amide bonds. The predicted octanol–water partition coefficient (Wildman–Crippen LogP) is 4.20. The topological polar surface area (TPSA) is 125 Å². The van der Waals surface area contributed by atoms with Gasteiger partial charge in [-0.05, 0) is 43.7 Å². The van der Waals surface area contributed by atoms with Crippen LogP contribution in [0.5, 0.6) is 0 Å². The van der Waals surface area contributed by atoms with Gasteiger partial charge in [-0.15, -0.1) is 0 Å². The summed E-state index contributed by atoms with van der Waals surface area (Å²) in [5, 5.41) is 13.0. The fourth-order valence-electron chi connectivity index (χ4n) is 8.53. The molecule has 0 spiro atoms. The van der Waals surface area contributed by atoms with Crippen molar-refractivity contribution < 1.29 is 43.2 Å². The van der Waals surface area contributed by atoms with E-state index in [9.17, 15) is 24.3 Å². The van der Waals surface area contributed by atoms with Crippen molar-refractivity contribution in [3.05, 3.63) is 47.0 Å². The Morgan fingerprint density at radius 2 is 1.64 bits per heavy atom. The van der Waals surface area contributed by atoms with E-state index in [0.717, 1.165) is 5.57 Å². The van der Waals surface area contributed by atoms with Gasteiger partial charge >= 0.3 is 17.9 Å². The standard InChI is InChI=1S/C33H42O9/c1-17-15-33(38)28(41-29(37)22-12-10-9-11-13-22)26-31(8,18(2)14-23-32(26,16-39-23)42-21(5)35)27(40-20(4)34)25(36)24(19(17)3)30(33,6)7/h9-13,17-18,23,26-28,38H,14-16H2,1-8H3/t17-,18-,23+,26?,27+,28-,31+,32-,33+/m0/s1. The highest BCUT2D eigenvalue weighted by Crippen LogP contribution is 2.66. The SMILES string of the molecule is CC(=O)O[C@@H]1C(=O)C2=C(C)[C@@H](C)C[C@@](O)([C@@H](OC(=O)c3ccccc3)C3[C@@]1(C)[C@@H](C)C[C@H]1OC[C@@]31OC(C)=O)C2(C)C. The molecule has 3 aliphatic carbocycles. The van der Waals surface area contributed by atoms with E-state index < -0.39 is 64.2 Å². The number of ether oxygens (including phenoxy) is 4. The predicted molar refractivity (Wildman–Crippen MR) is 151 cm³/mol. The molecule has 2 saturated carbocycles. The summed E-state index contributed by atoms with van der Waals surface area (Å²) < 4.78 is 24.5. The normalized spacial score (nSPS) is 40.4. The molecule has 9 heteroatoms. The Hall–Kier alpha value is -3.04. The number of Topliss-reactive ketones (excluding diaryl/α,β-unsaturated/α-hetero) is 1. The van der Waals surface area contributed by atoms with E-state index in [1.54, 1.807) is 44.2 Å². The van der Waals surface area contributed by atoms with Gasteiger partial charge in [-0.25, -0.2) is 4.79 Å². The van der Waals surface area contributed by atoms with Gasteiger partial charge in [0.15, 0.2) is 11.7 Å². The van der Waals surface area contributed by atoms with Gasteiger partial charge in [-0.2, -0.15) is 0 Å². The summed E-state index contributed by atoms with van der Waals surface area (Å²) >= 11 is 0. The van der Waals surface area contributed by atoms with Gasteiger partial charge in [-0.3, -0.25) is 14.4 Å². The summed E-state index contributed by atoms with van der Waals surface area (Å²) in [6, 6.07) is 8.49. The van der Waals surface area contributed by atoms with E-state index in [-0.39, 0.29) is 36.2 Å². The molecule has 1 N–H and O–H groups in total. The highest BCUT2D eigenvalue weighted by atomic mass is 16.6. The zero-order chi connectivity index (χ0) is 31.0. The number of carbonyl (C=O) groups is 4. The van der Waals surface area contributed by atoms with Gasteiger partial charge in [0.2, 0.25) is 5.78 Å². The molecule has 1 aromatic rings. The van der Waals surface area contributed by atoms with Crippen molar-refractivity contribution in [2.45, 2.75) is 97.7 Å². The number of aliphatic hydroxyl groups is 1. The summed E-state index contributed by atoms with van der Waals surface area (Å²) in [5.41, 5.74) is -4.11. The maximum absolute atomic E-state index is 14.8. The third-order valence-corrected chi connectivity index (χ3v) is 11.0. The van der Waals surface area contributed by atoms with Gasteiger partial charge in [-0.1, -0.05) is 58.4 Å². The lowest BCUT2D eigenvalue weighted by Gasteiger charge is -2.68. The maximum atomic E-state index is 14.8. The van der Waals surface area contributed by atoms with Crippen LogP contribution in [0.3, 0.4) is 0 Å². The molecule has 0 radical (unpaired) electrons. The first-order valence-corrected chi connectivity index (χ1v) is 14.7. The van der Waals surface area contributed by atoms with E-state index in [4.69, 9.17) is 18.9 Å². The van der Waals surface area contributed by atoms with Crippen molar-refractivity contribution in [1.82, 2.24) is 0 Å². The molecule has 1 heterocycles. The first kappa shape index (κ1) is 30.4. The summed E-state index contributed by atoms with van der Waals surface area (Å²) in [5.74, 6) is -3.80. The van der Waals surface area contributed by atoms with E-state index >= 15 is 0 Å². The minimum atomic E-state index is -1.77. The second-order valence-electron chi connectivity index (χ2n) is 13.6. The Kier molecular flexibility index (Phi) is 7.25. The Morgan fingerprint density at radius 3 is 2.19 bits per heavy atom. The minimum Gasteiger partial charge on any atom is -0.455 e. The van der Waals surface area contributed by atoms with Crippen LogP contribution >= 0.6 is 0 Å². The molecule has 9 atom stereocenters. The molecule has 9 nitrogen and oxygen atoms in total. The van der Waals surface area contributed by atoms with Crippen LogP contribution in [-0.2, 0) is 33.3 Å². The lowest BCUT2D eigenvalue weighted by Crippen LogP contribution is -2.81. The lowest BCUT2D eigenvalue weighted by atomic mass is 9.43. The monoisotopic (exact) mass is 582 g/mol. The molecule has 4 aliphatic rings. The van der Waals surface area contributed by atoms with Crippen LogP contribution in [-0.4, -0.2) is 64.9 Å². The van der Waals surface area contributed by atoms with Crippen LogP contribution in [0.4, 0.5) is 0 Å². The number of fused-ring (bicyclic) bond motifs is 5. The van der Waals surface area contributed by atoms with Crippen molar-refractivity contribution in [2.75, 3.05) is 6.61 Å². The number of esters is 3. The first-order valence-electron chi connectivity index (χ1n) is 14.7. The highest BCUT2D eigenvalue weighted by Gasteiger charge is 2.77. The summed E-state index contributed by atoms with van der Waals surface area (Å²) in [4.78, 5) is 53.9. The van der Waals surface area contributed by atoms with Crippen molar-refractivity contribution in [3.63, 3.8) is 0 Å². The number of carbonyl (C=O) groups excluding carboxylic acids is 4. The van der Waals surface area contributed by atoms with Crippen LogP contribution < -0.4 is 0 Å². The molecule has 0 aromatic heterocycles. The van der Waals surface area contributed by atoms with Crippen molar-refractivity contribution in [1.29, 1.82) is 0 Å². The number of rotatable bonds is 4. The van der Waals surface area contributed by atoms with Crippen LogP contribution in [0, 0.1) is 28.6 Å². The average Bonchev–Trinajstić information content (AvgIpc) is 2.90. The molecule has 1 aliphatic heterocycles. The Balaban J connectivity index is 1.85. The number of hydrogen-bond acceptors (Lipinski definition) is 9. The van der Waals surface area contributed by atoms with Gasteiger partial charge < -0.3 is 24.1 Å². The van der Waals surface area contributed by atoms with Crippen LogP contribution in [0.15, 0.2) is 41.5 Å². The molecule has 3 fully saturated rings. The smallest absolute Gasteiger partial charge is 0.338 e. The van der Waals surface area contributed by atoms with Crippen LogP contribution in [0.1, 0.15) is 78.6 Å². The van der Waals surface area contributed by atoms with Crippen LogP contribution in [0.2, 0.25) is 0 Å². The minimum absolute atomic E-state index is 0.0155. The molecule has 228 valence electrons. The molecular weight excluding hydrogens is 540 g/mol. The molecule has 1 saturated heterocycles. The number of hydrogen-bond donors (Lipinski definition) is 1. The largest absolute Gasteiger partial charge is 0.455 e. The fraction of sp³-hybridized carbons (Fsp3) is 0.636. The lowest BCUT2D eigenvalue weighted by molar-refractivity contribution is -0.351. The summed E-state index contributed by atoms with van der Waals surface area (Å²) in [7, 11) is 0. The van der Waals surface area contributed by atoms with Gasteiger partial charge in [0, 0.05) is 30.3 Å². The number of allylic oxidation sites excluding steroid dienone is 1. The second kappa shape index (κ2) is 10.0. The molecule has 1 unspecified atom stereocenters. The van der Waals surface area contributed by atoms with E-state index in [1.165, 1.54) is 13.8 Å². The highest BCUT2D eigenvalue weighted by molar-refractivity contribution is 6.03. The van der Waals surface area contributed by atoms with Crippen molar-refractivity contribution >= 4 is 23.7 Å². The van der Waals surface area contributed by atoms with Gasteiger partial charge in [0.1, 0.15) is 17.8 Å². The second-order valence-corrected chi connectivity index (χ2v) is 13.6. The Labute approximate surface area is 246 Å². The summed E-state index contributed by atoms with van der Waals surface area (Å²) in [6.07, 6.45) is -2.53. The fourth-order valence-corrected chi connectivity index (χ4v) is 8.53.